The second kappa shape index (κ2) is 9.55. The van der Waals surface area contributed by atoms with Gasteiger partial charge in [-0.05, 0) is 30.5 Å². The fraction of sp³-hybridized carbons (Fsp3) is 0.438. The highest BCUT2D eigenvalue weighted by molar-refractivity contribution is 5.94. The van der Waals surface area contributed by atoms with Crippen molar-refractivity contribution in [1.82, 2.24) is 10.6 Å². The molecular weight excluding hydrogens is 284 g/mol. The minimum absolute atomic E-state index is 0.0164. The highest BCUT2D eigenvalue weighted by Crippen LogP contribution is 2.05. The van der Waals surface area contributed by atoms with Gasteiger partial charge in [0, 0.05) is 31.5 Å². The second-order valence-electron chi connectivity index (χ2n) is 4.98. The van der Waals surface area contributed by atoms with E-state index in [4.69, 9.17) is 5.11 Å². The number of carbonyl (C=O) groups is 3. The van der Waals surface area contributed by atoms with Crippen molar-refractivity contribution in [2.75, 3.05) is 6.54 Å². The van der Waals surface area contributed by atoms with Crippen LogP contribution in [0.4, 0.5) is 0 Å². The number of nitrogens with one attached hydrogen (secondary N) is 2. The summed E-state index contributed by atoms with van der Waals surface area (Å²) < 4.78 is 0. The van der Waals surface area contributed by atoms with Crippen LogP contribution in [0.3, 0.4) is 0 Å². The molecule has 120 valence electrons. The Morgan fingerprint density at radius 2 is 1.73 bits per heavy atom. The summed E-state index contributed by atoms with van der Waals surface area (Å²) >= 11 is 0. The molecule has 22 heavy (non-hydrogen) atoms. The Balaban J connectivity index is 2.38. The molecule has 0 bridgehead atoms. The van der Waals surface area contributed by atoms with Crippen molar-refractivity contribution < 1.29 is 19.5 Å². The number of carboxylic acid groups (broad SMARTS) is 1. The average Bonchev–Trinajstić information content (AvgIpc) is 2.50. The number of benzene rings is 1. The molecule has 1 aromatic carbocycles. The van der Waals surface area contributed by atoms with Crippen LogP contribution in [0, 0.1) is 0 Å². The topological polar surface area (TPSA) is 95.5 Å². The Morgan fingerprint density at radius 1 is 1.05 bits per heavy atom. The van der Waals surface area contributed by atoms with E-state index in [1.165, 1.54) is 0 Å². The van der Waals surface area contributed by atoms with Gasteiger partial charge in [0.05, 0.1) is 0 Å². The third-order valence-electron chi connectivity index (χ3n) is 3.04. The SMILES string of the molecule is CCCC(=O)NCc1ccc(C(=O)NCCCC(=O)O)cc1. The van der Waals surface area contributed by atoms with Crippen LogP contribution in [0.5, 0.6) is 0 Å². The Labute approximate surface area is 129 Å². The molecule has 3 N–H and O–H groups in total. The van der Waals surface area contributed by atoms with Gasteiger partial charge >= 0.3 is 5.97 Å². The molecule has 0 aliphatic rings. The maximum absolute atomic E-state index is 11.8. The molecular formula is C16H22N2O4. The standard InChI is InChI=1S/C16H22N2O4/c1-2-4-14(19)18-11-12-6-8-13(9-7-12)16(22)17-10-3-5-15(20)21/h6-9H,2-5,10-11H2,1H3,(H,17,22)(H,18,19)(H,20,21). The van der Waals surface area contributed by atoms with Gasteiger partial charge < -0.3 is 15.7 Å². The van der Waals surface area contributed by atoms with E-state index in [2.05, 4.69) is 10.6 Å². The highest BCUT2D eigenvalue weighted by atomic mass is 16.4. The zero-order valence-electron chi connectivity index (χ0n) is 12.7. The van der Waals surface area contributed by atoms with Crippen LogP contribution in [0.15, 0.2) is 24.3 Å². The van der Waals surface area contributed by atoms with Crippen LogP contribution in [-0.2, 0) is 16.1 Å². The minimum Gasteiger partial charge on any atom is -0.481 e. The van der Waals surface area contributed by atoms with E-state index >= 15 is 0 Å². The first kappa shape index (κ1) is 17.7. The van der Waals surface area contributed by atoms with Crippen molar-refractivity contribution in [1.29, 1.82) is 0 Å². The quantitative estimate of drug-likeness (QED) is 0.605. The maximum atomic E-state index is 11.8. The van der Waals surface area contributed by atoms with Crippen LogP contribution in [0.25, 0.3) is 0 Å². The van der Waals surface area contributed by atoms with Crippen molar-refractivity contribution in [3.05, 3.63) is 35.4 Å². The molecule has 0 saturated heterocycles. The summed E-state index contributed by atoms with van der Waals surface area (Å²) in [5.74, 6) is -1.08. The zero-order chi connectivity index (χ0) is 16.4. The summed E-state index contributed by atoms with van der Waals surface area (Å²) in [5.41, 5.74) is 1.44. The minimum atomic E-state index is -0.872. The lowest BCUT2D eigenvalue weighted by molar-refractivity contribution is -0.137. The number of carbonyl (C=O) groups excluding carboxylic acids is 2. The molecule has 6 heteroatoms. The third-order valence-corrected chi connectivity index (χ3v) is 3.04. The number of aliphatic carboxylic acids is 1. The molecule has 0 aliphatic carbocycles. The first-order chi connectivity index (χ1) is 10.5. The smallest absolute Gasteiger partial charge is 0.303 e. The zero-order valence-corrected chi connectivity index (χ0v) is 12.7. The van der Waals surface area contributed by atoms with Crippen LogP contribution in [0.2, 0.25) is 0 Å². The van der Waals surface area contributed by atoms with Crippen LogP contribution in [-0.4, -0.2) is 29.4 Å². The van der Waals surface area contributed by atoms with Gasteiger partial charge in [-0.1, -0.05) is 19.1 Å². The number of amides is 2. The summed E-state index contributed by atoms with van der Waals surface area (Å²) in [7, 11) is 0. The molecule has 0 heterocycles. The van der Waals surface area contributed by atoms with Gasteiger partial charge in [0.1, 0.15) is 0 Å². The maximum Gasteiger partial charge on any atom is 0.303 e. The van der Waals surface area contributed by atoms with Crippen molar-refractivity contribution in [3.63, 3.8) is 0 Å². The Hall–Kier alpha value is -2.37. The first-order valence-corrected chi connectivity index (χ1v) is 7.38. The third kappa shape index (κ3) is 6.88. The summed E-state index contributed by atoms with van der Waals surface area (Å²) in [5, 5.41) is 14.0. The Morgan fingerprint density at radius 3 is 2.32 bits per heavy atom. The van der Waals surface area contributed by atoms with Crippen LogP contribution < -0.4 is 10.6 Å². The van der Waals surface area contributed by atoms with E-state index < -0.39 is 5.97 Å². The van der Waals surface area contributed by atoms with E-state index in [1.807, 2.05) is 6.92 Å². The fourth-order valence-corrected chi connectivity index (χ4v) is 1.83. The number of carboxylic acids is 1. The van der Waals surface area contributed by atoms with E-state index in [0.717, 1.165) is 12.0 Å². The van der Waals surface area contributed by atoms with Gasteiger partial charge in [-0.15, -0.1) is 0 Å². The van der Waals surface area contributed by atoms with Crippen molar-refractivity contribution in [3.8, 4) is 0 Å². The Kier molecular flexibility index (Phi) is 7.67. The number of hydrogen-bond donors (Lipinski definition) is 3. The lowest BCUT2D eigenvalue weighted by atomic mass is 10.1. The molecule has 0 aromatic heterocycles. The molecule has 1 rings (SSSR count). The van der Waals surface area contributed by atoms with E-state index in [9.17, 15) is 14.4 Å². The van der Waals surface area contributed by atoms with Gasteiger partial charge in [0.15, 0.2) is 0 Å². The molecule has 0 spiro atoms. The van der Waals surface area contributed by atoms with Gasteiger partial charge in [-0.2, -0.15) is 0 Å². The molecule has 0 atom stereocenters. The average molecular weight is 306 g/mol. The number of rotatable bonds is 9. The second-order valence-corrected chi connectivity index (χ2v) is 4.98. The van der Waals surface area contributed by atoms with Crippen molar-refractivity contribution in [2.45, 2.75) is 39.2 Å². The molecule has 2 amide bonds. The van der Waals surface area contributed by atoms with E-state index in [-0.39, 0.29) is 18.2 Å². The summed E-state index contributed by atoms with van der Waals surface area (Å²) in [6.07, 6.45) is 1.77. The first-order valence-electron chi connectivity index (χ1n) is 7.38. The van der Waals surface area contributed by atoms with E-state index in [0.29, 0.717) is 31.5 Å². The lowest BCUT2D eigenvalue weighted by Gasteiger charge is -2.07. The summed E-state index contributed by atoms with van der Waals surface area (Å²) in [6, 6.07) is 6.96. The van der Waals surface area contributed by atoms with Crippen molar-refractivity contribution >= 4 is 17.8 Å². The molecule has 0 unspecified atom stereocenters. The molecule has 6 nitrogen and oxygen atoms in total. The molecule has 0 radical (unpaired) electrons. The van der Waals surface area contributed by atoms with Crippen LogP contribution >= 0.6 is 0 Å². The predicted octanol–water partition coefficient (Wildman–Crippen LogP) is 1.70. The lowest BCUT2D eigenvalue weighted by Crippen LogP contribution is -2.25. The van der Waals surface area contributed by atoms with Gasteiger partial charge in [0.2, 0.25) is 5.91 Å². The molecule has 1 aromatic rings. The molecule has 0 saturated carbocycles. The number of hydrogen-bond acceptors (Lipinski definition) is 3. The fourth-order valence-electron chi connectivity index (χ4n) is 1.83. The van der Waals surface area contributed by atoms with Crippen molar-refractivity contribution in [2.24, 2.45) is 0 Å². The predicted molar refractivity (Wildman–Crippen MR) is 82.4 cm³/mol. The highest BCUT2D eigenvalue weighted by Gasteiger charge is 2.06. The normalized spacial score (nSPS) is 10.0. The summed E-state index contributed by atoms with van der Waals surface area (Å²) in [6.45, 7) is 2.72. The summed E-state index contributed by atoms with van der Waals surface area (Å²) in [4.78, 5) is 33.6. The monoisotopic (exact) mass is 306 g/mol. The van der Waals surface area contributed by atoms with E-state index in [1.54, 1.807) is 24.3 Å². The molecule has 0 aliphatic heterocycles. The molecule has 0 fully saturated rings. The van der Waals surface area contributed by atoms with Gasteiger partial charge in [-0.3, -0.25) is 14.4 Å². The van der Waals surface area contributed by atoms with Crippen LogP contribution in [0.1, 0.15) is 48.5 Å². The largest absolute Gasteiger partial charge is 0.481 e. The van der Waals surface area contributed by atoms with Gasteiger partial charge in [0.25, 0.3) is 5.91 Å². The Bertz CT molecular complexity index is 511. The van der Waals surface area contributed by atoms with Gasteiger partial charge in [-0.25, -0.2) is 0 Å².